The maximum atomic E-state index is 13.9. The molecule has 0 radical (unpaired) electrons. The zero-order valence-electron chi connectivity index (χ0n) is 13.6. The second kappa shape index (κ2) is 6.88. The minimum absolute atomic E-state index is 0.0347. The Kier molecular flexibility index (Phi) is 4.44. The Morgan fingerprint density at radius 2 is 2.16 bits per heavy atom. The van der Waals surface area contributed by atoms with Crippen molar-refractivity contribution in [3.05, 3.63) is 59.7 Å². The van der Waals surface area contributed by atoms with Gasteiger partial charge in [-0.05, 0) is 30.2 Å². The van der Waals surface area contributed by atoms with Crippen LogP contribution in [0.25, 0.3) is 11.0 Å². The molecule has 4 rings (SSSR count). The van der Waals surface area contributed by atoms with Crippen LogP contribution in [0, 0.1) is 5.82 Å². The van der Waals surface area contributed by atoms with Crippen molar-refractivity contribution in [3.8, 4) is 0 Å². The van der Waals surface area contributed by atoms with Gasteiger partial charge in [-0.2, -0.15) is 0 Å². The summed E-state index contributed by atoms with van der Waals surface area (Å²) in [6.07, 6.45) is 1.73. The molecule has 6 heteroatoms. The molecule has 1 aromatic heterocycles. The molecule has 0 fully saturated rings. The zero-order valence-corrected chi connectivity index (χ0v) is 14.4. The van der Waals surface area contributed by atoms with Crippen LogP contribution in [0.5, 0.6) is 0 Å². The van der Waals surface area contributed by atoms with Crippen LogP contribution >= 0.6 is 11.8 Å². The molecule has 1 amide bonds. The van der Waals surface area contributed by atoms with E-state index in [1.165, 1.54) is 17.8 Å². The number of nitrogens with one attached hydrogen (secondary N) is 2. The molecular formula is C19H18FN3OS. The average Bonchev–Trinajstić information content (AvgIpc) is 3.04. The lowest BCUT2D eigenvalue weighted by Crippen LogP contribution is -2.31. The van der Waals surface area contributed by atoms with Gasteiger partial charge in [0, 0.05) is 23.5 Å². The van der Waals surface area contributed by atoms with Gasteiger partial charge >= 0.3 is 0 Å². The first-order chi connectivity index (χ1) is 12.2. The van der Waals surface area contributed by atoms with E-state index in [0.717, 1.165) is 34.6 Å². The van der Waals surface area contributed by atoms with Crippen LogP contribution in [0.1, 0.15) is 30.3 Å². The number of nitrogens with zero attached hydrogens (tertiary/aromatic N) is 1. The highest BCUT2D eigenvalue weighted by molar-refractivity contribution is 7.99. The number of imidazole rings is 1. The van der Waals surface area contributed by atoms with E-state index >= 15 is 0 Å². The third kappa shape index (κ3) is 3.39. The molecule has 0 bridgehead atoms. The van der Waals surface area contributed by atoms with Crippen LogP contribution in [0.15, 0.2) is 47.4 Å². The normalized spacial score (nSPS) is 16.6. The summed E-state index contributed by atoms with van der Waals surface area (Å²) in [4.78, 5) is 20.7. The molecule has 1 unspecified atom stereocenters. The van der Waals surface area contributed by atoms with Gasteiger partial charge in [0.2, 0.25) is 5.91 Å². The van der Waals surface area contributed by atoms with Crippen molar-refractivity contribution in [2.24, 2.45) is 0 Å². The molecule has 0 spiro atoms. The van der Waals surface area contributed by atoms with E-state index in [4.69, 9.17) is 0 Å². The second-order valence-corrected chi connectivity index (χ2v) is 7.22. The fraction of sp³-hybridized carbons (Fsp3) is 0.263. The molecule has 25 heavy (non-hydrogen) atoms. The summed E-state index contributed by atoms with van der Waals surface area (Å²) in [5.74, 6) is 1.38. The first kappa shape index (κ1) is 16.1. The highest BCUT2D eigenvalue weighted by Gasteiger charge is 2.24. The van der Waals surface area contributed by atoms with E-state index in [-0.39, 0.29) is 17.8 Å². The largest absolute Gasteiger partial charge is 0.349 e. The molecule has 4 nitrogen and oxygen atoms in total. The Hall–Kier alpha value is -2.34. The van der Waals surface area contributed by atoms with Gasteiger partial charge in [0.05, 0.1) is 17.1 Å². The number of carbonyl (C=O) groups excluding carboxylic acids is 1. The van der Waals surface area contributed by atoms with E-state index < -0.39 is 0 Å². The quantitative estimate of drug-likeness (QED) is 0.744. The molecule has 0 saturated carbocycles. The lowest BCUT2D eigenvalue weighted by molar-refractivity contribution is -0.121. The smallest absolute Gasteiger partial charge is 0.220 e. The molecule has 2 aromatic carbocycles. The van der Waals surface area contributed by atoms with E-state index in [1.807, 2.05) is 30.3 Å². The fourth-order valence-corrected chi connectivity index (χ4v) is 4.30. The number of hydrogen-bond acceptors (Lipinski definition) is 3. The van der Waals surface area contributed by atoms with Crippen LogP contribution < -0.4 is 5.32 Å². The first-order valence-corrected chi connectivity index (χ1v) is 9.33. The predicted molar refractivity (Wildman–Crippen MR) is 97.0 cm³/mol. The summed E-state index contributed by atoms with van der Waals surface area (Å²) in [6.45, 7) is 0. The highest BCUT2D eigenvalue weighted by Crippen LogP contribution is 2.37. The lowest BCUT2D eigenvalue weighted by Gasteiger charge is -2.26. The number of fused-ring (bicyclic) bond motifs is 2. The van der Waals surface area contributed by atoms with Crippen molar-refractivity contribution in [3.63, 3.8) is 0 Å². The van der Waals surface area contributed by atoms with Gasteiger partial charge in [0.15, 0.2) is 0 Å². The third-order valence-corrected chi connectivity index (χ3v) is 5.55. The Labute approximate surface area is 149 Å². The van der Waals surface area contributed by atoms with Gasteiger partial charge in [-0.15, -0.1) is 11.8 Å². The maximum Gasteiger partial charge on any atom is 0.220 e. The van der Waals surface area contributed by atoms with Gasteiger partial charge in [0.1, 0.15) is 11.6 Å². The van der Waals surface area contributed by atoms with Gasteiger partial charge in [-0.1, -0.05) is 24.3 Å². The molecular weight excluding hydrogens is 337 g/mol. The number of benzene rings is 2. The van der Waals surface area contributed by atoms with Crippen LogP contribution in [0.2, 0.25) is 0 Å². The number of thioether (sulfide) groups is 1. The van der Waals surface area contributed by atoms with Crippen molar-refractivity contribution >= 4 is 28.7 Å². The standard InChI is InChI=1S/C19H18FN3OS/c20-13-5-3-4-12-14(10-11-25-19(12)13)23-18(24)9-8-17-21-15-6-1-2-7-16(15)22-17/h1-7,14H,8-11H2,(H,21,22)(H,23,24). The number of aromatic nitrogens is 2. The Morgan fingerprint density at radius 1 is 1.28 bits per heavy atom. The highest BCUT2D eigenvalue weighted by atomic mass is 32.2. The summed E-state index contributed by atoms with van der Waals surface area (Å²) in [6, 6.07) is 12.8. The molecule has 3 aromatic rings. The summed E-state index contributed by atoms with van der Waals surface area (Å²) >= 11 is 1.52. The molecule has 0 aliphatic carbocycles. The van der Waals surface area contributed by atoms with Crippen LogP contribution in [0.4, 0.5) is 4.39 Å². The molecule has 1 aliphatic rings. The number of hydrogen-bond donors (Lipinski definition) is 2. The zero-order chi connectivity index (χ0) is 17.2. The number of halogens is 1. The summed E-state index contributed by atoms with van der Waals surface area (Å²) in [5.41, 5.74) is 2.77. The molecule has 2 heterocycles. The first-order valence-electron chi connectivity index (χ1n) is 8.35. The number of amides is 1. The number of rotatable bonds is 4. The Balaban J connectivity index is 1.40. The van der Waals surface area contributed by atoms with Gasteiger partial charge in [0.25, 0.3) is 0 Å². The molecule has 0 saturated heterocycles. The summed E-state index contributed by atoms with van der Waals surface area (Å²) < 4.78 is 13.9. The van der Waals surface area contributed by atoms with Crippen LogP contribution in [0.3, 0.4) is 0 Å². The number of aromatic amines is 1. The SMILES string of the molecule is O=C(CCc1nc2ccccc2[nH]1)NC1CCSc2c(F)cccc21. The topological polar surface area (TPSA) is 57.8 Å². The molecule has 128 valence electrons. The van der Waals surface area contributed by atoms with Crippen molar-refractivity contribution in [1.29, 1.82) is 0 Å². The van der Waals surface area contributed by atoms with Crippen molar-refractivity contribution < 1.29 is 9.18 Å². The van der Waals surface area contributed by atoms with Crippen LogP contribution in [-0.4, -0.2) is 21.6 Å². The predicted octanol–water partition coefficient (Wildman–Crippen LogP) is 3.99. The minimum Gasteiger partial charge on any atom is -0.349 e. The Bertz CT molecular complexity index is 891. The van der Waals surface area contributed by atoms with E-state index in [2.05, 4.69) is 15.3 Å². The van der Waals surface area contributed by atoms with Gasteiger partial charge < -0.3 is 10.3 Å². The van der Waals surface area contributed by atoms with E-state index in [9.17, 15) is 9.18 Å². The number of H-pyrrole nitrogens is 1. The van der Waals surface area contributed by atoms with Crippen molar-refractivity contribution in [1.82, 2.24) is 15.3 Å². The Morgan fingerprint density at radius 3 is 3.04 bits per heavy atom. The van der Waals surface area contributed by atoms with Gasteiger partial charge in [-0.25, -0.2) is 9.37 Å². The minimum atomic E-state index is -0.205. The number of para-hydroxylation sites is 2. The monoisotopic (exact) mass is 355 g/mol. The average molecular weight is 355 g/mol. The van der Waals surface area contributed by atoms with E-state index in [0.29, 0.717) is 17.7 Å². The second-order valence-electron chi connectivity index (χ2n) is 6.12. The molecule has 2 N–H and O–H groups in total. The number of carbonyl (C=O) groups is 1. The number of aryl methyl sites for hydroxylation is 1. The van der Waals surface area contributed by atoms with Crippen molar-refractivity contribution in [2.75, 3.05) is 5.75 Å². The summed E-state index contributed by atoms with van der Waals surface area (Å²) in [7, 11) is 0. The van der Waals surface area contributed by atoms with Crippen molar-refractivity contribution in [2.45, 2.75) is 30.2 Å². The van der Waals surface area contributed by atoms with E-state index in [1.54, 1.807) is 6.07 Å². The molecule has 1 aliphatic heterocycles. The van der Waals surface area contributed by atoms with Gasteiger partial charge in [-0.3, -0.25) is 4.79 Å². The van der Waals surface area contributed by atoms with Crippen LogP contribution in [-0.2, 0) is 11.2 Å². The molecule has 1 atom stereocenters. The summed E-state index contributed by atoms with van der Waals surface area (Å²) in [5, 5.41) is 3.05. The fourth-order valence-electron chi connectivity index (χ4n) is 3.16. The lowest BCUT2D eigenvalue weighted by atomic mass is 10.0. The maximum absolute atomic E-state index is 13.9. The third-order valence-electron chi connectivity index (χ3n) is 4.39.